The SMILES string of the molecule is COc1ccccc1C1CNCCN1C(=O)CCc1ccnc2ccccc12.Cl.Cl. The second kappa shape index (κ2) is 11.2. The zero-order chi connectivity index (χ0) is 19.3. The molecule has 1 fully saturated rings. The predicted octanol–water partition coefficient (Wildman–Crippen LogP) is 4.19. The van der Waals surface area contributed by atoms with Gasteiger partial charge < -0.3 is 15.0 Å². The zero-order valence-corrected chi connectivity index (χ0v) is 18.5. The molecule has 0 saturated carbocycles. The van der Waals surface area contributed by atoms with E-state index in [1.165, 1.54) is 5.56 Å². The fourth-order valence-corrected chi connectivity index (χ4v) is 3.98. The van der Waals surface area contributed by atoms with Crippen molar-refractivity contribution >= 4 is 41.6 Å². The number of nitrogens with one attached hydrogen (secondary N) is 1. The highest BCUT2D eigenvalue weighted by Crippen LogP contribution is 2.30. The van der Waals surface area contributed by atoms with Crippen molar-refractivity contribution in [3.63, 3.8) is 0 Å². The van der Waals surface area contributed by atoms with Crippen molar-refractivity contribution in [1.29, 1.82) is 0 Å². The van der Waals surface area contributed by atoms with Crippen molar-refractivity contribution < 1.29 is 9.53 Å². The summed E-state index contributed by atoms with van der Waals surface area (Å²) in [5.41, 5.74) is 3.20. The fourth-order valence-electron chi connectivity index (χ4n) is 3.98. The summed E-state index contributed by atoms with van der Waals surface area (Å²) in [7, 11) is 1.68. The van der Waals surface area contributed by atoms with Gasteiger partial charge in [0.2, 0.25) is 5.91 Å². The van der Waals surface area contributed by atoms with Gasteiger partial charge in [0.15, 0.2) is 0 Å². The number of rotatable bonds is 5. The lowest BCUT2D eigenvalue weighted by atomic mass is 10.00. The van der Waals surface area contributed by atoms with E-state index in [9.17, 15) is 4.79 Å². The van der Waals surface area contributed by atoms with Gasteiger partial charge >= 0.3 is 0 Å². The molecule has 160 valence electrons. The first kappa shape index (κ1) is 23.9. The number of hydrogen-bond acceptors (Lipinski definition) is 4. The molecule has 1 amide bonds. The summed E-state index contributed by atoms with van der Waals surface area (Å²) in [4.78, 5) is 19.5. The van der Waals surface area contributed by atoms with Gasteiger partial charge in [-0.05, 0) is 30.2 Å². The standard InChI is InChI=1S/C23H25N3O2.2ClH/c1-28-22-9-5-3-7-19(22)21-16-24-14-15-26(21)23(27)11-10-17-12-13-25-20-8-4-2-6-18(17)20;;/h2-9,12-13,21,24H,10-11,14-16H2,1H3;2*1H. The molecule has 1 N–H and O–H groups in total. The monoisotopic (exact) mass is 447 g/mol. The van der Waals surface area contributed by atoms with Gasteiger partial charge in [-0.1, -0.05) is 36.4 Å². The van der Waals surface area contributed by atoms with Gasteiger partial charge in [-0.2, -0.15) is 0 Å². The number of carbonyl (C=O) groups is 1. The third kappa shape index (κ3) is 5.04. The minimum absolute atomic E-state index is 0. The van der Waals surface area contributed by atoms with E-state index < -0.39 is 0 Å². The summed E-state index contributed by atoms with van der Waals surface area (Å²) >= 11 is 0. The third-order valence-electron chi connectivity index (χ3n) is 5.41. The van der Waals surface area contributed by atoms with Crippen LogP contribution in [0.5, 0.6) is 5.75 Å². The van der Waals surface area contributed by atoms with Crippen molar-refractivity contribution in [2.45, 2.75) is 18.9 Å². The maximum atomic E-state index is 13.1. The van der Waals surface area contributed by atoms with Crippen LogP contribution in [0, 0.1) is 0 Å². The topological polar surface area (TPSA) is 54.5 Å². The first-order valence-electron chi connectivity index (χ1n) is 9.73. The Balaban J connectivity index is 0.00000160. The molecule has 30 heavy (non-hydrogen) atoms. The van der Waals surface area contributed by atoms with Crippen LogP contribution in [-0.2, 0) is 11.2 Å². The molecule has 1 unspecified atom stereocenters. The molecule has 3 aromatic rings. The molecule has 0 aliphatic carbocycles. The number of hydrogen-bond donors (Lipinski definition) is 1. The minimum atomic E-state index is -0.00779. The smallest absolute Gasteiger partial charge is 0.223 e. The summed E-state index contributed by atoms with van der Waals surface area (Å²) in [5, 5.41) is 4.53. The Labute approximate surface area is 189 Å². The normalized spacial score (nSPS) is 15.8. The second-order valence-electron chi connectivity index (χ2n) is 7.04. The highest BCUT2D eigenvalue weighted by molar-refractivity contribution is 5.86. The van der Waals surface area contributed by atoms with E-state index in [1.807, 2.05) is 59.6 Å². The average molecular weight is 448 g/mol. The van der Waals surface area contributed by atoms with Crippen LogP contribution in [0.25, 0.3) is 10.9 Å². The first-order chi connectivity index (χ1) is 13.8. The van der Waals surface area contributed by atoms with Crippen LogP contribution in [0.3, 0.4) is 0 Å². The number of benzene rings is 2. The van der Waals surface area contributed by atoms with E-state index in [0.29, 0.717) is 19.4 Å². The van der Waals surface area contributed by atoms with Crippen molar-refractivity contribution in [3.8, 4) is 5.75 Å². The van der Waals surface area contributed by atoms with Gasteiger partial charge in [0.05, 0.1) is 18.7 Å². The second-order valence-corrected chi connectivity index (χ2v) is 7.04. The largest absolute Gasteiger partial charge is 0.496 e. The Kier molecular flexibility index (Phi) is 8.90. The van der Waals surface area contributed by atoms with Crippen molar-refractivity contribution in [3.05, 3.63) is 71.9 Å². The van der Waals surface area contributed by atoms with Crippen LogP contribution < -0.4 is 10.1 Å². The van der Waals surface area contributed by atoms with Crippen LogP contribution in [0.15, 0.2) is 60.8 Å². The number of pyridine rings is 1. The van der Waals surface area contributed by atoms with Crippen LogP contribution in [0.2, 0.25) is 0 Å². The number of amides is 1. The zero-order valence-electron chi connectivity index (χ0n) is 16.9. The number of fused-ring (bicyclic) bond motifs is 1. The summed E-state index contributed by atoms with van der Waals surface area (Å²) in [6, 6.07) is 18.1. The summed E-state index contributed by atoms with van der Waals surface area (Å²) in [6.45, 7) is 2.26. The summed E-state index contributed by atoms with van der Waals surface area (Å²) in [6.07, 6.45) is 3.02. The molecule has 4 rings (SSSR count). The van der Waals surface area contributed by atoms with E-state index >= 15 is 0 Å². The number of aryl methyl sites for hydroxylation is 1. The predicted molar refractivity (Wildman–Crippen MR) is 125 cm³/mol. The van der Waals surface area contributed by atoms with Crippen LogP contribution in [0.4, 0.5) is 0 Å². The molecule has 1 atom stereocenters. The Morgan fingerprint density at radius 1 is 1.13 bits per heavy atom. The van der Waals surface area contributed by atoms with Crippen LogP contribution in [-0.4, -0.2) is 42.5 Å². The third-order valence-corrected chi connectivity index (χ3v) is 5.41. The highest BCUT2D eigenvalue weighted by Gasteiger charge is 2.29. The van der Waals surface area contributed by atoms with Crippen LogP contribution >= 0.6 is 24.8 Å². The molecule has 7 heteroatoms. The Hall–Kier alpha value is -2.34. The molecule has 1 aromatic heterocycles. The number of ether oxygens (including phenoxy) is 1. The average Bonchev–Trinajstić information content (AvgIpc) is 2.77. The summed E-state index contributed by atoms with van der Waals surface area (Å²) < 4.78 is 5.53. The van der Waals surface area contributed by atoms with Gasteiger partial charge in [0.1, 0.15) is 5.75 Å². The number of methoxy groups -OCH3 is 1. The minimum Gasteiger partial charge on any atom is -0.496 e. The lowest BCUT2D eigenvalue weighted by molar-refractivity contribution is -0.134. The van der Waals surface area contributed by atoms with E-state index in [1.54, 1.807) is 7.11 Å². The van der Waals surface area contributed by atoms with Gasteiger partial charge in [-0.25, -0.2) is 0 Å². The molecular weight excluding hydrogens is 421 g/mol. The molecule has 2 heterocycles. The molecular formula is C23H27Cl2N3O2. The van der Waals surface area contributed by atoms with Crippen LogP contribution in [0.1, 0.15) is 23.6 Å². The maximum Gasteiger partial charge on any atom is 0.223 e. The van der Waals surface area contributed by atoms with E-state index in [-0.39, 0.29) is 36.8 Å². The van der Waals surface area contributed by atoms with Crippen molar-refractivity contribution in [2.24, 2.45) is 0 Å². The molecule has 0 spiro atoms. The quantitative estimate of drug-likeness (QED) is 0.636. The van der Waals surface area contributed by atoms with Crippen molar-refractivity contribution in [1.82, 2.24) is 15.2 Å². The fraction of sp³-hybridized carbons (Fsp3) is 0.304. The van der Waals surface area contributed by atoms with Gasteiger partial charge in [0.25, 0.3) is 0 Å². The molecule has 0 radical (unpaired) electrons. The number of para-hydroxylation sites is 2. The molecule has 1 aliphatic heterocycles. The number of piperazine rings is 1. The van der Waals surface area contributed by atoms with E-state index in [4.69, 9.17) is 4.74 Å². The number of carbonyl (C=O) groups excluding carboxylic acids is 1. The Morgan fingerprint density at radius 3 is 2.73 bits per heavy atom. The summed E-state index contributed by atoms with van der Waals surface area (Å²) in [5.74, 6) is 1.01. The van der Waals surface area contributed by atoms with Gasteiger partial charge in [0, 0.05) is 43.2 Å². The maximum absolute atomic E-state index is 13.1. The lowest BCUT2D eigenvalue weighted by Crippen LogP contribution is -2.48. The Morgan fingerprint density at radius 2 is 1.90 bits per heavy atom. The molecule has 5 nitrogen and oxygen atoms in total. The van der Waals surface area contributed by atoms with E-state index in [2.05, 4.69) is 16.4 Å². The number of aromatic nitrogens is 1. The number of halogens is 2. The van der Waals surface area contributed by atoms with Crippen molar-refractivity contribution in [2.75, 3.05) is 26.7 Å². The van der Waals surface area contributed by atoms with Gasteiger partial charge in [-0.3, -0.25) is 9.78 Å². The Bertz CT molecular complexity index is 978. The van der Waals surface area contributed by atoms with E-state index in [0.717, 1.165) is 35.3 Å². The highest BCUT2D eigenvalue weighted by atomic mass is 35.5. The molecule has 1 aliphatic rings. The molecule has 0 bridgehead atoms. The first-order valence-corrected chi connectivity index (χ1v) is 9.73. The lowest BCUT2D eigenvalue weighted by Gasteiger charge is -2.37. The number of nitrogens with zero attached hydrogens (tertiary/aromatic N) is 2. The van der Waals surface area contributed by atoms with Gasteiger partial charge in [-0.15, -0.1) is 24.8 Å². The molecule has 1 saturated heterocycles. The molecule has 2 aromatic carbocycles.